The second kappa shape index (κ2) is 5.35. The second-order valence-corrected chi connectivity index (χ2v) is 7.12. The Hall–Kier alpha value is -1.95. The Bertz CT molecular complexity index is 800. The summed E-state index contributed by atoms with van der Waals surface area (Å²) in [4.78, 5) is -0.890. The average molecular weight is 323 g/mol. The SMILES string of the molecule is C[C@H]1CCc2ccccc2N1S(=O)(=O)c1c(F)cccc1F. The summed E-state index contributed by atoms with van der Waals surface area (Å²) in [5, 5.41) is 0. The Morgan fingerprint density at radius 2 is 1.68 bits per heavy atom. The molecule has 0 aliphatic carbocycles. The third kappa shape index (κ3) is 2.27. The lowest BCUT2D eigenvalue weighted by molar-refractivity contribution is 0.510. The normalized spacial score (nSPS) is 18.1. The molecule has 0 N–H and O–H groups in total. The van der Waals surface area contributed by atoms with Crippen molar-refractivity contribution < 1.29 is 17.2 Å². The van der Waals surface area contributed by atoms with E-state index in [1.54, 1.807) is 19.1 Å². The average Bonchev–Trinajstić information content (AvgIpc) is 2.46. The van der Waals surface area contributed by atoms with Crippen LogP contribution in [-0.2, 0) is 16.4 Å². The van der Waals surface area contributed by atoms with Crippen LogP contribution in [-0.4, -0.2) is 14.5 Å². The van der Waals surface area contributed by atoms with Gasteiger partial charge in [-0.2, -0.15) is 0 Å². The van der Waals surface area contributed by atoms with Crippen LogP contribution in [0.3, 0.4) is 0 Å². The molecule has 0 saturated heterocycles. The van der Waals surface area contributed by atoms with E-state index in [9.17, 15) is 17.2 Å². The van der Waals surface area contributed by atoms with Crippen LogP contribution >= 0.6 is 0 Å². The number of benzene rings is 2. The molecule has 116 valence electrons. The van der Waals surface area contributed by atoms with Crippen molar-refractivity contribution >= 4 is 15.7 Å². The van der Waals surface area contributed by atoms with Gasteiger partial charge in [-0.05, 0) is 43.5 Å². The van der Waals surface area contributed by atoms with Crippen LogP contribution in [0, 0.1) is 11.6 Å². The minimum absolute atomic E-state index is 0.362. The van der Waals surface area contributed by atoms with Gasteiger partial charge in [0.05, 0.1) is 5.69 Å². The van der Waals surface area contributed by atoms with E-state index in [-0.39, 0.29) is 6.04 Å². The molecule has 0 bridgehead atoms. The number of para-hydroxylation sites is 1. The van der Waals surface area contributed by atoms with Gasteiger partial charge in [0, 0.05) is 6.04 Å². The van der Waals surface area contributed by atoms with Crippen LogP contribution in [0.5, 0.6) is 0 Å². The molecule has 0 aromatic heterocycles. The van der Waals surface area contributed by atoms with Gasteiger partial charge in [-0.25, -0.2) is 17.2 Å². The summed E-state index contributed by atoms with van der Waals surface area (Å²) in [5.74, 6) is -2.15. The number of sulfonamides is 1. The number of hydrogen-bond donors (Lipinski definition) is 0. The molecule has 22 heavy (non-hydrogen) atoms. The van der Waals surface area contributed by atoms with Crippen molar-refractivity contribution in [1.82, 2.24) is 0 Å². The molecule has 1 aliphatic rings. The number of rotatable bonds is 2. The molecule has 3 nitrogen and oxygen atoms in total. The molecular weight excluding hydrogens is 308 g/mol. The second-order valence-electron chi connectivity index (χ2n) is 5.37. The van der Waals surface area contributed by atoms with E-state index in [1.165, 1.54) is 0 Å². The highest BCUT2D eigenvalue weighted by atomic mass is 32.2. The first-order valence-corrected chi connectivity index (χ1v) is 8.43. The first kappa shape index (κ1) is 15.0. The summed E-state index contributed by atoms with van der Waals surface area (Å²) in [6.07, 6.45) is 1.34. The Morgan fingerprint density at radius 3 is 2.36 bits per heavy atom. The van der Waals surface area contributed by atoms with Crippen molar-refractivity contribution in [2.45, 2.75) is 30.7 Å². The Kier molecular flexibility index (Phi) is 3.64. The number of nitrogens with zero attached hydrogens (tertiary/aromatic N) is 1. The highest BCUT2D eigenvalue weighted by molar-refractivity contribution is 7.92. The summed E-state index contributed by atoms with van der Waals surface area (Å²) in [5.41, 5.74) is 1.35. The molecule has 0 spiro atoms. The van der Waals surface area contributed by atoms with Crippen LogP contribution in [0.2, 0.25) is 0 Å². The Balaban J connectivity index is 2.21. The van der Waals surface area contributed by atoms with E-state index in [0.29, 0.717) is 12.1 Å². The summed E-state index contributed by atoms with van der Waals surface area (Å²) in [7, 11) is -4.30. The van der Waals surface area contributed by atoms with Crippen molar-refractivity contribution in [1.29, 1.82) is 0 Å². The minimum atomic E-state index is -4.30. The highest BCUT2D eigenvalue weighted by Gasteiger charge is 2.37. The fourth-order valence-corrected chi connectivity index (χ4v) is 4.69. The molecule has 1 heterocycles. The van der Waals surface area contributed by atoms with Gasteiger partial charge in [0.15, 0.2) is 4.90 Å². The maximum absolute atomic E-state index is 14.0. The first-order chi connectivity index (χ1) is 10.4. The monoisotopic (exact) mass is 323 g/mol. The van der Waals surface area contributed by atoms with Crippen molar-refractivity contribution in [3.05, 3.63) is 59.7 Å². The van der Waals surface area contributed by atoms with Crippen molar-refractivity contribution in [2.75, 3.05) is 4.31 Å². The zero-order valence-electron chi connectivity index (χ0n) is 12.0. The third-order valence-corrected chi connectivity index (χ3v) is 5.88. The van der Waals surface area contributed by atoms with Crippen LogP contribution in [0.4, 0.5) is 14.5 Å². The molecule has 0 fully saturated rings. The summed E-state index contributed by atoms with van der Waals surface area (Å²) < 4.78 is 54.7. The third-order valence-electron chi connectivity index (χ3n) is 3.90. The fourth-order valence-electron chi connectivity index (χ4n) is 2.85. The predicted molar refractivity (Wildman–Crippen MR) is 80.2 cm³/mol. The molecule has 1 atom stereocenters. The maximum atomic E-state index is 14.0. The Morgan fingerprint density at radius 1 is 1.05 bits per heavy atom. The molecule has 3 rings (SSSR count). The fraction of sp³-hybridized carbons (Fsp3) is 0.250. The molecule has 6 heteroatoms. The molecule has 2 aromatic carbocycles. The van der Waals surface area contributed by atoms with Crippen molar-refractivity contribution in [2.24, 2.45) is 0 Å². The zero-order valence-corrected chi connectivity index (χ0v) is 12.8. The van der Waals surface area contributed by atoms with E-state index >= 15 is 0 Å². The zero-order chi connectivity index (χ0) is 15.9. The number of aryl methyl sites for hydroxylation is 1. The standard InChI is InChI=1S/C16H15F2NO2S/c1-11-9-10-12-5-2-3-8-15(12)19(11)22(20,21)16-13(17)6-4-7-14(16)18/h2-8,11H,9-10H2,1H3/t11-/m0/s1. The number of anilines is 1. The van der Waals surface area contributed by atoms with E-state index in [1.807, 2.05) is 12.1 Å². The molecule has 0 unspecified atom stereocenters. The molecule has 2 aromatic rings. The Labute approximate surface area is 128 Å². The summed E-state index contributed by atoms with van der Waals surface area (Å²) in [6, 6.07) is 9.74. The van der Waals surface area contributed by atoms with Crippen LogP contribution in [0.15, 0.2) is 47.4 Å². The molecule has 0 saturated carbocycles. The van der Waals surface area contributed by atoms with Gasteiger partial charge < -0.3 is 0 Å². The largest absolute Gasteiger partial charge is 0.270 e. The van der Waals surface area contributed by atoms with E-state index in [2.05, 4.69) is 0 Å². The van der Waals surface area contributed by atoms with Gasteiger partial charge in [-0.1, -0.05) is 24.3 Å². The quantitative estimate of drug-likeness (QED) is 0.848. The molecule has 1 aliphatic heterocycles. The number of halogens is 2. The van der Waals surface area contributed by atoms with Crippen molar-refractivity contribution in [3.63, 3.8) is 0 Å². The van der Waals surface area contributed by atoms with Gasteiger partial charge in [0.2, 0.25) is 0 Å². The lowest BCUT2D eigenvalue weighted by atomic mass is 9.99. The number of fused-ring (bicyclic) bond motifs is 1. The molecule has 0 radical (unpaired) electrons. The van der Waals surface area contributed by atoms with E-state index in [4.69, 9.17) is 0 Å². The number of hydrogen-bond acceptors (Lipinski definition) is 2. The van der Waals surface area contributed by atoms with Crippen LogP contribution in [0.25, 0.3) is 0 Å². The first-order valence-electron chi connectivity index (χ1n) is 6.99. The van der Waals surface area contributed by atoms with Crippen LogP contribution in [0.1, 0.15) is 18.9 Å². The van der Waals surface area contributed by atoms with Crippen LogP contribution < -0.4 is 4.31 Å². The van der Waals surface area contributed by atoms with Gasteiger partial charge in [-0.3, -0.25) is 4.31 Å². The highest BCUT2D eigenvalue weighted by Crippen LogP contribution is 2.36. The minimum Gasteiger partial charge on any atom is -0.263 e. The van der Waals surface area contributed by atoms with Gasteiger partial charge in [0.1, 0.15) is 11.6 Å². The van der Waals surface area contributed by atoms with Gasteiger partial charge >= 0.3 is 0 Å². The summed E-state index contributed by atoms with van der Waals surface area (Å²) >= 11 is 0. The van der Waals surface area contributed by atoms with E-state index in [0.717, 1.165) is 34.5 Å². The lowest BCUT2D eigenvalue weighted by Gasteiger charge is -2.36. The lowest BCUT2D eigenvalue weighted by Crippen LogP contribution is -2.42. The predicted octanol–water partition coefficient (Wildman–Crippen LogP) is 3.49. The van der Waals surface area contributed by atoms with E-state index < -0.39 is 26.6 Å². The van der Waals surface area contributed by atoms with Gasteiger partial charge in [0.25, 0.3) is 10.0 Å². The molecule has 0 amide bonds. The summed E-state index contributed by atoms with van der Waals surface area (Å²) in [6.45, 7) is 1.74. The maximum Gasteiger partial charge on any atom is 0.270 e. The smallest absolute Gasteiger partial charge is 0.263 e. The van der Waals surface area contributed by atoms with Gasteiger partial charge in [-0.15, -0.1) is 0 Å². The topological polar surface area (TPSA) is 37.4 Å². The van der Waals surface area contributed by atoms with Crippen molar-refractivity contribution in [3.8, 4) is 0 Å². The molecular formula is C16H15F2NO2S.